The molecular weight excluding hydrogens is 341 g/mol. The summed E-state index contributed by atoms with van der Waals surface area (Å²) in [5.74, 6) is -0.201. The summed E-state index contributed by atoms with van der Waals surface area (Å²) in [5.41, 5.74) is 5.44. The van der Waals surface area contributed by atoms with E-state index < -0.39 is 0 Å². The number of H-pyrrole nitrogens is 1. The third-order valence-electron chi connectivity index (χ3n) is 4.93. The number of carbonyl (C=O) groups is 1. The lowest BCUT2D eigenvalue weighted by atomic mass is 9.76. The van der Waals surface area contributed by atoms with Gasteiger partial charge in [-0.05, 0) is 54.7 Å². The summed E-state index contributed by atoms with van der Waals surface area (Å²) in [6.07, 6.45) is 4.72. The molecule has 3 aromatic rings. The molecule has 0 aliphatic heterocycles. The minimum absolute atomic E-state index is 0.0861. The Bertz CT molecular complexity index is 1000. The van der Waals surface area contributed by atoms with Crippen molar-refractivity contribution in [1.29, 1.82) is 0 Å². The van der Waals surface area contributed by atoms with Crippen molar-refractivity contribution in [1.82, 2.24) is 9.97 Å². The number of halogens is 1. The van der Waals surface area contributed by atoms with Crippen molar-refractivity contribution in [3.8, 4) is 11.3 Å². The summed E-state index contributed by atoms with van der Waals surface area (Å²) in [6, 6.07) is 8.59. The number of hydrogen-bond acceptors (Lipinski definition) is 3. The molecule has 2 heterocycles. The van der Waals surface area contributed by atoms with Gasteiger partial charge < -0.3 is 10.3 Å². The fourth-order valence-corrected chi connectivity index (χ4v) is 3.87. The van der Waals surface area contributed by atoms with Gasteiger partial charge in [-0.3, -0.25) is 9.78 Å². The molecule has 0 radical (unpaired) electrons. The van der Waals surface area contributed by atoms with Gasteiger partial charge >= 0.3 is 0 Å². The summed E-state index contributed by atoms with van der Waals surface area (Å²) in [7, 11) is 0. The molecule has 138 valence electrons. The first-order valence-electron chi connectivity index (χ1n) is 9.05. The number of anilines is 2. The van der Waals surface area contributed by atoms with E-state index >= 15 is 0 Å². The summed E-state index contributed by atoms with van der Waals surface area (Å²) >= 11 is 0. The zero-order valence-corrected chi connectivity index (χ0v) is 15.7. The molecule has 2 N–H and O–H groups in total. The van der Waals surface area contributed by atoms with Gasteiger partial charge in [0, 0.05) is 35.8 Å². The topological polar surface area (TPSA) is 57.8 Å². The van der Waals surface area contributed by atoms with Gasteiger partial charge in [0.2, 0.25) is 0 Å². The predicted octanol–water partition coefficient (Wildman–Crippen LogP) is 5.42. The van der Waals surface area contributed by atoms with Crippen molar-refractivity contribution < 1.29 is 9.18 Å². The molecule has 1 aliphatic carbocycles. The van der Waals surface area contributed by atoms with E-state index in [2.05, 4.69) is 29.1 Å². The predicted molar refractivity (Wildman–Crippen MR) is 105 cm³/mol. The number of ketones is 1. The fraction of sp³-hybridized carbons (Fsp3) is 0.273. The third-order valence-corrected chi connectivity index (χ3v) is 4.93. The maximum Gasteiger partial charge on any atom is 0.167 e. The molecule has 1 aliphatic rings. The zero-order valence-electron chi connectivity index (χ0n) is 15.7. The van der Waals surface area contributed by atoms with Crippen LogP contribution in [0.4, 0.5) is 15.8 Å². The monoisotopic (exact) mass is 363 g/mol. The lowest BCUT2D eigenvalue weighted by molar-refractivity contribution is 0.0912. The van der Waals surface area contributed by atoms with Crippen LogP contribution in [0.2, 0.25) is 0 Å². The molecule has 1 aromatic carbocycles. The normalized spacial score (nSPS) is 15.5. The number of hydrogen-bond donors (Lipinski definition) is 2. The largest absolute Gasteiger partial charge is 0.356 e. The highest BCUT2D eigenvalue weighted by atomic mass is 19.1. The number of carbonyl (C=O) groups excluding carboxylic acids is 1. The average Bonchev–Trinajstić information content (AvgIpc) is 2.91. The maximum atomic E-state index is 13.9. The first-order valence-corrected chi connectivity index (χ1v) is 9.05. The number of Topliss-reactive ketones (excluding diaryl/α,β-unsaturated/α-hetero) is 1. The third kappa shape index (κ3) is 3.37. The van der Waals surface area contributed by atoms with Crippen LogP contribution < -0.4 is 5.32 Å². The number of pyridine rings is 1. The van der Waals surface area contributed by atoms with E-state index in [9.17, 15) is 9.18 Å². The second-order valence-corrected chi connectivity index (χ2v) is 8.05. The molecule has 0 saturated carbocycles. The first-order chi connectivity index (χ1) is 12.8. The fourth-order valence-electron chi connectivity index (χ4n) is 3.87. The molecule has 27 heavy (non-hydrogen) atoms. The van der Waals surface area contributed by atoms with Gasteiger partial charge in [0.05, 0.1) is 16.9 Å². The lowest BCUT2D eigenvalue weighted by Crippen LogP contribution is -2.26. The molecular formula is C22H22FN3O. The number of aromatic nitrogens is 2. The number of aromatic amines is 1. The first kappa shape index (κ1) is 17.5. The highest BCUT2D eigenvalue weighted by molar-refractivity contribution is 6.07. The number of fused-ring (bicyclic) bond motifs is 1. The van der Waals surface area contributed by atoms with E-state index in [0.717, 1.165) is 28.9 Å². The highest BCUT2D eigenvalue weighted by Gasteiger charge is 2.35. The number of nitrogens with zero attached hydrogens (tertiary/aromatic N) is 1. The Morgan fingerprint density at radius 3 is 2.59 bits per heavy atom. The van der Waals surface area contributed by atoms with Crippen LogP contribution in [0, 0.1) is 18.2 Å². The van der Waals surface area contributed by atoms with Crippen molar-refractivity contribution in [3.63, 3.8) is 0 Å². The second-order valence-electron chi connectivity index (χ2n) is 8.05. The minimum atomic E-state index is -0.306. The standard InChI is InChI=1S/C22H22FN3O/c1-13-8-15(23)10-16(9-13)25-21-19-17(11-22(2,3)12-18(19)27)26-20(21)14-4-6-24-7-5-14/h4-10,25-26H,11-12H2,1-3H3. The molecule has 0 atom stereocenters. The Morgan fingerprint density at radius 1 is 1.15 bits per heavy atom. The van der Waals surface area contributed by atoms with Gasteiger partial charge in [0.25, 0.3) is 0 Å². The van der Waals surface area contributed by atoms with Crippen molar-refractivity contribution in [2.75, 3.05) is 5.32 Å². The van der Waals surface area contributed by atoms with Crippen LogP contribution in [-0.2, 0) is 6.42 Å². The van der Waals surface area contributed by atoms with E-state index in [1.807, 2.05) is 25.1 Å². The molecule has 0 unspecified atom stereocenters. The van der Waals surface area contributed by atoms with Crippen LogP contribution >= 0.6 is 0 Å². The van der Waals surface area contributed by atoms with Gasteiger partial charge in [-0.25, -0.2) is 4.39 Å². The Morgan fingerprint density at radius 2 is 1.89 bits per heavy atom. The Kier molecular flexibility index (Phi) is 4.10. The lowest BCUT2D eigenvalue weighted by Gasteiger charge is -2.28. The number of rotatable bonds is 3. The van der Waals surface area contributed by atoms with Crippen LogP contribution in [0.25, 0.3) is 11.3 Å². The quantitative estimate of drug-likeness (QED) is 0.653. The SMILES string of the molecule is Cc1cc(F)cc(Nc2c(-c3ccncc3)[nH]c3c2C(=O)CC(C)(C)C3)c1. The maximum absolute atomic E-state index is 13.9. The summed E-state index contributed by atoms with van der Waals surface area (Å²) in [4.78, 5) is 20.5. The molecule has 0 spiro atoms. The Hall–Kier alpha value is -2.95. The number of aryl methyl sites for hydroxylation is 1. The molecule has 4 nitrogen and oxygen atoms in total. The van der Waals surface area contributed by atoms with Crippen molar-refractivity contribution in [3.05, 3.63) is 65.4 Å². The molecule has 0 fully saturated rings. The van der Waals surface area contributed by atoms with Crippen LogP contribution in [0.3, 0.4) is 0 Å². The summed E-state index contributed by atoms with van der Waals surface area (Å²) in [6.45, 7) is 6.05. The van der Waals surface area contributed by atoms with Crippen molar-refractivity contribution in [2.24, 2.45) is 5.41 Å². The van der Waals surface area contributed by atoms with E-state index in [1.165, 1.54) is 12.1 Å². The zero-order chi connectivity index (χ0) is 19.2. The second kappa shape index (κ2) is 6.34. The van der Waals surface area contributed by atoms with Gasteiger partial charge in [-0.2, -0.15) is 0 Å². The summed E-state index contributed by atoms with van der Waals surface area (Å²) < 4.78 is 13.9. The van der Waals surface area contributed by atoms with Crippen molar-refractivity contribution in [2.45, 2.75) is 33.6 Å². The van der Waals surface area contributed by atoms with Crippen LogP contribution in [0.15, 0.2) is 42.7 Å². The molecule has 4 rings (SSSR count). The van der Waals surface area contributed by atoms with Gasteiger partial charge in [0.1, 0.15) is 5.82 Å². The Labute approximate surface area is 157 Å². The van der Waals surface area contributed by atoms with E-state index in [-0.39, 0.29) is 17.0 Å². The average molecular weight is 363 g/mol. The molecule has 0 saturated heterocycles. The van der Waals surface area contributed by atoms with Crippen LogP contribution in [0.1, 0.15) is 41.9 Å². The van der Waals surface area contributed by atoms with E-state index in [1.54, 1.807) is 12.4 Å². The van der Waals surface area contributed by atoms with Crippen molar-refractivity contribution >= 4 is 17.2 Å². The minimum Gasteiger partial charge on any atom is -0.356 e. The molecule has 2 aromatic heterocycles. The molecule has 0 bridgehead atoms. The van der Waals surface area contributed by atoms with Crippen LogP contribution in [0.5, 0.6) is 0 Å². The van der Waals surface area contributed by atoms with Crippen LogP contribution in [-0.4, -0.2) is 15.8 Å². The number of benzene rings is 1. The highest BCUT2D eigenvalue weighted by Crippen LogP contribution is 2.43. The van der Waals surface area contributed by atoms with Gasteiger partial charge in [-0.1, -0.05) is 13.8 Å². The van der Waals surface area contributed by atoms with Gasteiger partial charge in [0.15, 0.2) is 5.78 Å². The van der Waals surface area contributed by atoms with E-state index in [4.69, 9.17) is 0 Å². The molecule has 0 amide bonds. The van der Waals surface area contributed by atoms with Gasteiger partial charge in [-0.15, -0.1) is 0 Å². The van der Waals surface area contributed by atoms with E-state index in [0.29, 0.717) is 23.4 Å². The summed E-state index contributed by atoms with van der Waals surface area (Å²) in [5, 5.41) is 3.31. The Balaban J connectivity index is 1.88. The number of nitrogens with one attached hydrogen (secondary N) is 2. The molecule has 5 heteroatoms. The smallest absolute Gasteiger partial charge is 0.167 e.